The first-order valence-corrected chi connectivity index (χ1v) is 10.5. The van der Waals surface area contributed by atoms with Crippen LogP contribution in [-0.2, 0) is 18.9 Å². The van der Waals surface area contributed by atoms with E-state index in [2.05, 4.69) is 0 Å². The Balaban J connectivity index is 2.24. The van der Waals surface area contributed by atoms with Gasteiger partial charge in [0.25, 0.3) is 0 Å². The summed E-state index contributed by atoms with van der Waals surface area (Å²) in [5.41, 5.74) is 0. The van der Waals surface area contributed by atoms with E-state index in [0.29, 0.717) is 0 Å². The Kier molecular flexibility index (Phi) is 11.4. The molecule has 2 aliphatic rings. The van der Waals surface area contributed by atoms with Gasteiger partial charge in [0, 0.05) is 0 Å². The first-order valence-electron chi connectivity index (χ1n) is 10.5. The molecule has 0 aromatic heterocycles. The highest BCUT2D eigenvalue weighted by atomic mass is 16.7. The van der Waals surface area contributed by atoms with Gasteiger partial charge in [-0.2, -0.15) is 0 Å². The van der Waals surface area contributed by atoms with Crippen LogP contribution in [0.4, 0.5) is 0 Å². The van der Waals surface area contributed by atoms with Crippen LogP contribution in [0.15, 0.2) is 0 Å². The summed E-state index contributed by atoms with van der Waals surface area (Å²) in [7, 11) is 0. The maximum absolute atomic E-state index is 10.7. The summed E-state index contributed by atoms with van der Waals surface area (Å²) in [6.07, 6.45) is -24.9. The van der Waals surface area contributed by atoms with Gasteiger partial charge in [0.15, 0.2) is 12.6 Å². The summed E-state index contributed by atoms with van der Waals surface area (Å²) in [6, 6.07) is 0. The second kappa shape index (κ2) is 13.1. The van der Waals surface area contributed by atoms with Crippen LogP contribution in [0.1, 0.15) is 0 Å². The molecular weight excluding hydrogens is 472 g/mol. The number of aliphatic hydroxyl groups excluding tert-OH is 12. The molecule has 2 aliphatic heterocycles. The Hall–Kier alpha value is -0.640. The van der Waals surface area contributed by atoms with Gasteiger partial charge in [0.05, 0.1) is 26.4 Å². The highest BCUT2D eigenvalue weighted by Gasteiger charge is 2.52. The van der Waals surface area contributed by atoms with E-state index in [1.807, 2.05) is 0 Å². The molecule has 0 aliphatic carbocycles. The lowest BCUT2D eigenvalue weighted by Gasteiger charge is -2.46. The Bertz CT molecular complexity index is 596. The minimum absolute atomic E-state index is 0.777. The Morgan fingerprint density at radius 3 is 1.68 bits per heavy atom. The number of hydrogen-bond acceptors (Lipinski definition) is 16. The van der Waals surface area contributed by atoms with Gasteiger partial charge in [-0.15, -0.1) is 0 Å². The third kappa shape index (κ3) is 6.37. The maximum Gasteiger partial charge on any atom is 0.187 e. The monoisotopic (exact) mass is 506 g/mol. The van der Waals surface area contributed by atoms with E-state index in [1.54, 1.807) is 0 Å². The van der Waals surface area contributed by atoms with Gasteiger partial charge in [0.2, 0.25) is 0 Å². The second-order valence-electron chi connectivity index (χ2n) is 8.10. The Labute approximate surface area is 193 Å². The first-order chi connectivity index (χ1) is 16.0. The highest BCUT2D eigenvalue weighted by molar-refractivity contribution is 4.95. The summed E-state index contributed by atoms with van der Waals surface area (Å²) in [6.45, 7) is -3.55. The third-order valence-electron chi connectivity index (χ3n) is 5.74. The zero-order valence-electron chi connectivity index (χ0n) is 17.9. The molecule has 2 saturated heterocycles. The second-order valence-corrected chi connectivity index (χ2v) is 8.10. The number of rotatable bonds is 11. The van der Waals surface area contributed by atoms with Crippen LogP contribution in [0.5, 0.6) is 0 Å². The molecule has 34 heavy (non-hydrogen) atoms. The topological polar surface area (TPSA) is 280 Å². The molecule has 0 aromatic rings. The van der Waals surface area contributed by atoms with Gasteiger partial charge in [-0.3, -0.25) is 0 Å². The number of hydrogen-bond donors (Lipinski definition) is 12. The van der Waals surface area contributed by atoms with Crippen molar-refractivity contribution in [2.45, 2.75) is 85.8 Å². The lowest BCUT2D eigenvalue weighted by molar-refractivity contribution is -0.369. The summed E-state index contributed by atoms with van der Waals surface area (Å²) in [5, 5.41) is 118. The average Bonchev–Trinajstić information content (AvgIpc) is 2.84. The van der Waals surface area contributed by atoms with Crippen LogP contribution in [0.3, 0.4) is 0 Å². The quantitative estimate of drug-likeness (QED) is 0.124. The van der Waals surface area contributed by atoms with Crippen LogP contribution in [0, 0.1) is 0 Å². The maximum atomic E-state index is 10.7. The molecule has 0 saturated carbocycles. The minimum atomic E-state index is -1.98. The van der Waals surface area contributed by atoms with Crippen molar-refractivity contribution < 1.29 is 80.2 Å². The smallest absolute Gasteiger partial charge is 0.187 e. The molecule has 0 spiro atoms. The van der Waals surface area contributed by atoms with E-state index >= 15 is 0 Å². The molecule has 0 aromatic carbocycles. The van der Waals surface area contributed by atoms with Crippen molar-refractivity contribution in [1.82, 2.24) is 0 Å². The largest absolute Gasteiger partial charge is 0.394 e. The standard InChI is InChI=1S/C18H34O16/c19-1-5(23)9(25)15(6(24)2-20)33-18-14(30)16(11(27)8(4-22)32-18)34-17-13(29)12(28)10(26)7(3-21)31-17/h5-30H,1-4H2/t5-,6+,7+,8+,9+,10+,11+,12-,13+,14+,15+,16-,17-,18-/m0/s1. The van der Waals surface area contributed by atoms with Gasteiger partial charge < -0.3 is 80.2 Å². The molecule has 2 fully saturated rings. The van der Waals surface area contributed by atoms with Crippen molar-refractivity contribution in [3.05, 3.63) is 0 Å². The summed E-state index contributed by atoms with van der Waals surface area (Å²) in [5.74, 6) is 0. The van der Waals surface area contributed by atoms with Gasteiger partial charge in [-0.05, 0) is 0 Å². The molecule has 0 unspecified atom stereocenters. The predicted molar refractivity (Wildman–Crippen MR) is 103 cm³/mol. The van der Waals surface area contributed by atoms with Crippen LogP contribution in [0.2, 0.25) is 0 Å². The van der Waals surface area contributed by atoms with E-state index < -0.39 is 112 Å². The summed E-state index contributed by atoms with van der Waals surface area (Å²) < 4.78 is 21.1. The highest BCUT2D eigenvalue weighted by Crippen LogP contribution is 2.30. The van der Waals surface area contributed by atoms with Crippen molar-refractivity contribution in [3.8, 4) is 0 Å². The van der Waals surface area contributed by atoms with Crippen molar-refractivity contribution in [3.63, 3.8) is 0 Å². The molecular formula is C18H34O16. The summed E-state index contributed by atoms with van der Waals surface area (Å²) >= 11 is 0. The molecule has 14 atom stereocenters. The first kappa shape index (κ1) is 29.6. The zero-order chi connectivity index (χ0) is 25.7. The van der Waals surface area contributed by atoms with Gasteiger partial charge in [0.1, 0.15) is 73.2 Å². The van der Waals surface area contributed by atoms with Crippen LogP contribution in [0.25, 0.3) is 0 Å². The third-order valence-corrected chi connectivity index (χ3v) is 5.74. The van der Waals surface area contributed by atoms with Crippen LogP contribution in [-0.4, -0.2) is 174 Å². The van der Waals surface area contributed by atoms with Gasteiger partial charge in [-0.25, -0.2) is 0 Å². The number of aliphatic hydroxyl groups is 12. The molecule has 16 heteroatoms. The van der Waals surface area contributed by atoms with Crippen molar-refractivity contribution in [2.75, 3.05) is 26.4 Å². The van der Waals surface area contributed by atoms with E-state index in [0.717, 1.165) is 0 Å². The normalized spacial score (nSPS) is 42.7. The summed E-state index contributed by atoms with van der Waals surface area (Å²) in [4.78, 5) is 0. The van der Waals surface area contributed by atoms with Crippen molar-refractivity contribution >= 4 is 0 Å². The van der Waals surface area contributed by atoms with Crippen molar-refractivity contribution in [2.24, 2.45) is 0 Å². The Morgan fingerprint density at radius 1 is 0.618 bits per heavy atom. The molecule has 0 radical (unpaired) electrons. The van der Waals surface area contributed by atoms with Gasteiger partial charge >= 0.3 is 0 Å². The van der Waals surface area contributed by atoms with E-state index in [4.69, 9.17) is 24.1 Å². The minimum Gasteiger partial charge on any atom is -0.394 e. The van der Waals surface area contributed by atoms with Gasteiger partial charge in [-0.1, -0.05) is 0 Å². The van der Waals surface area contributed by atoms with Crippen LogP contribution < -0.4 is 0 Å². The lowest BCUT2D eigenvalue weighted by Crippen LogP contribution is -2.65. The fourth-order valence-electron chi connectivity index (χ4n) is 3.65. The molecule has 12 N–H and O–H groups in total. The van der Waals surface area contributed by atoms with E-state index in [9.17, 15) is 56.2 Å². The Morgan fingerprint density at radius 2 is 1.15 bits per heavy atom. The lowest BCUT2D eigenvalue weighted by atomic mass is 9.96. The molecule has 16 nitrogen and oxygen atoms in total. The van der Waals surface area contributed by atoms with Crippen molar-refractivity contribution in [1.29, 1.82) is 0 Å². The molecule has 0 amide bonds. The average molecular weight is 506 g/mol. The van der Waals surface area contributed by atoms with E-state index in [-0.39, 0.29) is 0 Å². The molecule has 0 bridgehead atoms. The van der Waals surface area contributed by atoms with E-state index in [1.165, 1.54) is 0 Å². The van der Waals surface area contributed by atoms with Crippen LogP contribution >= 0.6 is 0 Å². The molecule has 202 valence electrons. The fourth-order valence-corrected chi connectivity index (χ4v) is 3.65. The molecule has 2 rings (SSSR count). The zero-order valence-corrected chi connectivity index (χ0v) is 17.9. The number of ether oxygens (including phenoxy) is 4. The SMILES string of the molecule is OC[C@@H](O)[C@@H](O[C@@H]1O[C@H](CO)[C@@H](O)[C@H](O[C@@H]2O[C@H](CO)[C@@H](O)[C@H](O)[C@H]2O)[C@H]1O)[C@H](O)[C@@H](O)CO. The predicted octanol–water partition coefficient (Wildman–Crippen LogP) is -7.94. The molecule has 2 heterocycles. The fraction of sp³-hybridized carbons (Fsp3) is 1.00.